The summed E-state index contributed by atoms with van der Waals surface area (Å²) >= 11 is 6.01. The summed E-state index contributed by atoms with van der Waals surface area (Å²) in [4.78, 5) is 17.2. The fraction of sp³-hybridized carbons (Fsp3) is 0.222. The van der Waals surface area contributed by atoms with Crippen LogP contribution >= 0.6 is 11.6 Å². The predicted octanol–water partition coefficient (Wildman–Crippen LogP) is 4.36. The second-order valence-electron chi connectivity index (χ2n) is 5.34. The summed E-state index contributed by atoms with van der Waals surface area (Å²) in [6.07, 6.45) is 3.43. The van der Waals surface area contributed by atoms with Crippen molar-refractivity contribution < 1.29 is 4.79 Å². The first kappa shape index (κ1) is 15.6. The Morgan fingerprint density at radius 1 is 1.17 bits per heavy atom. The van der Waals surface area contributed by atoms with Gasteiger partial charge in [0.05, 0.1) is 5.69 Å². The monoisotopic (exact) mass is 327 g/mol. The number of hydrogen-bond acceptors (Lipinski definition) is 2. The molecule has 0 aliphatic carbocycles. The lowest BCUT2D eigenvalue weighted by molar-refractivity contribution is 0.102. The average molecular weight is 328 g/mol. The van der Waals surface area contributed by atoms with Gasteiger partial charge in [-0.1, -0.05) is 37.6 Å². The summed E-state index contributed by atoms with van der Waals surface area (Å²) < 4.78 is 1.78. The molecule has 1 aromatic carbocycles. The minimum Gasteiger partial charge on any atom is -0.321 e. The number of aryl methyl sites for hydroxylation is 2. The van der Waals surface area contributed by atoms with Crippen LogP contribution in [-0.2, 0) is 12.8 Å². The fourth-order valence-electron chi connectivity index (χ4n) is 2.57. The van der Waals surface area contributed by atoms with Crippen molar-refractivity contribution in [3.63, 3.8) is 0 Å². The molecule has 0 unspecified atom stereocenters. The maximum Gasteiger partial charge on any atom is 0.274 e. The molecule has 3 rings (SSSR count). The number of fused-ring (bicyclic) bond motifs is 1. The van der Waals surface area contributed by atoms with Gasteiger partial charge in [-0.2, -0.15) is 0 Å². The van der Waals surface area contributed by atoms with E-state index in [1.807, 2.05) is 31.2 Å². The lowest BCUT2D eigenvalue weighted by atomic mass is 10.1. The summed E-state index contributed by atoms with van der Waals surface area (Å²) in [6, 6.07) is 11.4. The second-order valence-corrected chi connectivity index (χ2v) is 5.77. The van der Waals surface area contributed by atoms with Gasteiger partial charge >= 0.3 is 0 Å². The van der Waals surface area contributed by atoms with Crippen molar-refractivity contribution in [2.75, 3.05) is 5.32 Å². The zero-order valence-electron chi connectivity index (χ0n) is 13.1. The van der Waals surface area contributed by atoms with Crippen molar-refractivity contribution in [1.82, 2.24) is 9.38 Å². The Morgan fingerprint density at radius 2 is 1.91 bits per heavy atom. The number of carbonyl (C=O) groups excluding carboxylic acids is 1. The van der Waals surface area contributed by atoms with Crippen molar-refractivity contribution in [1.29, 1.82) is 0 Å². The number of aromatic nitrogens is 2. The highest BCUT2D eigenvalue weighted by Gasteiger charge is 2.18. The van der Waals surface area contributed by atoms with Crippen molar-refractivity contribution in [3.8, 4) is 0 Å². The summed E-state index contributed by atoms with van der Waals surface area (Å²) in [5.74, 6) is -0.166. The van der Waals surface area contributed by atoms with Crippen LogP contribution in [0.25, 0.3) is 5.65 Å². The Bertz CT molecular complexity index is 853. The van der Waals surface area contributed by atoms with Crippen LogP contribution in [0.1, 0.15) is 35.6 Å². The van der Waals surface area contributed by atoms with E-state index < -0.39 is 0 Å². The molecule has 0 saturated heterocycles. The SMILES string of the molecule is CCc1ccc(NC(=O)c2c(CC)nc3cc(Cl)ccn23)cc1. The van der Waals surface area contributed by atoms with E-state index in [2.05, 4.69) is 17.2 Å². The van der Waals surface area contributed by atoms with Gasteiger partial charge < -0.3 is 5.32 Å². The first-order valence-electron chi connectivity index (χ1n) is 7.69. The largest absolute Gasteiger partial charge is 0.321 e. The van der Waals surface area contributed by atoms with E-state index in [1.165, 1.54) is 5.56 Å². The number of carbonyl (C=O) groups is 1. The van der Waals surface area contributed by atoms with Gasteiger partial charge in [0.1, 0.15) is 11.3 Å². The lowest BCUT2D eigenvalue weighted by Crippen LogP contribution is -2.16. The quantitative estimate of drug-likeness (QED) is 0.773. The summed E-state index contributed by atoms with van der Waals surface area (Å²) in [5.41, 5.74) is 4.01. The molecule has 1 N–H and O–H groups in total. The first-order chi connectivity index (χ1) is 11.1. The Kier molecular flexibility index (Phi) is 4.35. The van der Waals surface area contributed by atoms with E-state index in [4.69, 9.17) is 11.6 Å². The molecule has 0 aliphatic heterocycles. The molecular formula is C18H18ClN3O. The van der Waals surface area contributed by atoms with Crippen LogP contribution in [-0.4, -0.2) is 15.3 Å². The van der Waals surface area contributed by atoms with Crippen LogP contribution in [0.2, 0.25) is 5.02 Å². The number of nitrogens with zero attached hydrogens (tertiary/aromatic N) is 2. The summed E-state index contributed by atoms with van der Waals surface area (Å²) in [5, 5.41) is 3.55. The molecule has 0 spiro atoms. The number of rotatable bonds is 4. The molecule has 3 aromatic rings. The molecule has 2 heterocycles. The van der Waals surface area contributed by atoms with Crippen LogP contribution in [0, 0.1) is 0 Å². The lowest BCUT2D eigenvalue weighted by Gasteiger charge is -2.07. The number of nitrogens with one attached hydrogen (secondary N) is 1. The van der Waals surface area contributed by atoms with Gasteiger partial charge in [-0.25, -0.2) is 4.98 Å². The molecule has 0 aliphatic rings. The standard InChI is InChI=1S/C18H18ClN3O/c1-3-12-5-7-14(8-6-12)20-18(23)17-15(4-2)21-16-11-13(19)9-10-22(16)17/h5-11H,3-4H2,1-2H3,(H,20,23). The Morgan fingerprint density at radius 3 is 2.57 bits per heavy atom. The summed E-state index contributed by atoms with van der Waals surface area (Å²) in [7, 11) is 0. The molecule has 2 aromatic heterocycles. The molecule has 0 atom stereocenters. The van der Waals surface area contributed by atoms with Gasteiger partial charge in [-0.05, 0) is 36.6 Å². The molecule has 0 saturated carbocycles. The molecule has 0 fully saturated rings. The zero-order chi connectivity index (χ0) is 16.4. The third-order valence-electron chi connectivity index (χ3n) is 3.83. The molecule has 4 nitrogen and oxygen atoms in total. The predicted molar refractivity (Wildman–Crippen MR) is 93.4 cm³/mol. The van der Waals surface area contributed by atoms with E-state index in [-0.39, 0.29) is 5.91 Å². The molecule has 23 heavy (non-hydrogen) atoms. The number of anilines is 1. The maximum absolute atomic E-state index is 12.7. The van der Waals surface area contributed by atoms with Crippen molar-refractivity contribution in [3.05, 3.63) is 64.6 Å². The van der Waals surface area contributed by atoms with E-state index in [1.54, 1.807) is 22.7 Å². The Balaban J connectivity index is 1.96. The van der Waals surface area contributed by atoms with Crippen molar-refractivity contribution in [2.45, 2.75) is 26.7 Å². The minimum atomic E-state index is -0.166. The van der Waals surface area contributed by atoms with Crippen molar-refractivity contribution >= 4 is 28.8 Å². The third-order valence-corrected chi connectivity index (χ3v) is 4.07. The van der Waals surface area contributed by atoms with Gasteiger partial charge in [-0.3, -0.25) is 9.20 Å². The second kappa shape index (κ2) is 6.42. The van der Waals surface area contributed by atoms with E-state index >= 15 is 0 Å². The third kappa shape index (κ3) is 3.08. The first-order valence-corrected chi connectivity index (χ1v) is 8.07. The van der Waals surface area contributed by atoms with Crippen molar-refractivity contribution in [2.24, 2.45) is 0 Å². The molecule has 118 valence electrons. The van der Waals surface area contributed by atoms with E-state index in [9.17, 15) is 4.79 Å². The average Bonchev–Trinajstić information content (AvgIpc) is 2.93. The van der Waals surface area contributed by atoms with Gasteiger partial charge in [0.2, 0.25) is 0 Å². The summed E-state index contributed by atoms with van der Waals surface area (Å²) in [6.45, 7) is 4.08. The number of benzene rings is 1. The molecule has 0 bridgehead atoms. The topological polar surface area (TPSA) is 46.4 Å². The number of hydrogen-bond donors (Lipinski definition) is 1. The van der Waals surface area contributed by atoms with Crippen LogP contribution in [0.4, 0.5) is 5.69 Å². The molecule has 0 radical (unpaired) electrons. The Hall–Kier alpha value is -2.33. The van der Waals surface area contributed by atoms with Crippen LogP contribution in [0.15, 0.2) is 42.6 Å². The minimum absolute atomic E-state index is 0.166. The van der Waals surface area contributed by atoms with E-state index in [0.717, 1.165) is 17.8 Å². The van der Waals surface area contributed by atoms with Crippen LogP contribution in [0.5, 0.6) is 0 Å². The van der Waals surface area contributed by atoms with Gasteiger partial charge in [0, 0.05) is 23.0 Å². The van der Waals surface area contributed by atoms with Gasteiger partial charge in [-0.15, -0.1) is 0 Å². The maximum atomic E-state index is 12.7. The van der Waals surface area contributed by atoms with E-state index in [0.29, 0.717) is 22.8 Å². The van der Waals surface area contributed by atoms with Crippen LogP contribution in [0.3, 0.4) is 0 Å². The smallest absolute Gasteiger partial charge is 0.274 e. The number of amides is 1. The number of halogens is 1. The highest BCUT2D eigenvalue weighted by Crippen LogP contribution is 2.19. The zero-order valence-corrected chi connectivity index (χ0v) is 13.9. The van der Waals surface area contributed by atoms with Gasteiger partial charge in [0.15, 0.2) is 0 Å². The molecule has 5 heteroatoms. The van der Waals surface area contributed by atoms with Gasteiger partial charge in [0.25, 0.3) is 5.91 Å². The highest BCUT2D eigenvalue weighted by atomic mass is 35.5. The molecule has 1 amide bonds. The fourth-order valence-corrected chi connectivity index (χ4v) is 2.72. The Labute approximate surface area is 140 Å². The molecular weight excluding hydrogens is 310 g/mol. The number of pyridine rings is 1. The van der Waals surface area contributed by atoms with Crippen LogP contribution < -0.4 is 5.32 Å². The number of imidazole rings is 1. The normalized spacial score (nSPS) is 10.9. The highest BCUT2D eigenvalue weighted by molar-refractivity contribution is 6.30.